The van der Waals surface area contributed by atoms with Gasteiger partial charge < -0.3 is 4.98 Å². The molecule has 1 heterocycles. The minimum absolute atomic E-state index is 0.235. The largest absolute Gasteiger partial charge is 0.349 e. The molecule has 0 unspecified atom stereocenters. The molecule has 0 aliphatic rings. The summed E-state index contributed by atoms with van der Waals surface area (Å²) in [6.45, 7) is 0.367. The molecule has 1 aromatic heterocycles. The Hall–Kier alpha value is -0.700. The van der Waals surface area contributed by atoms with E-state index in [2.05, 4.69) is 46.5 Å². The minimum atomic E-state index is -3.50. The van der Waals surface area contributed by atoms with E-state index in [-0.39, 0.29) is 4.90 Å². The van der Waals surface area contributed by atoms with E-state index in [0.29, 0.717) is 23.9 Å². The van der Waals surface area contributed by atoms with Gasteiger partial charge in [0.15, 0.2) is 0 Å². The molecule has 108 valence electrons. The van der Waals surface area contributed by atoms with Crippen molar-refractivity contribution in [3.8, 4) is 0 Å². The Morgan fingerprint density at radius 1 is 1.30 bits per heavy atom. The first-order valence-electron chi connectivity index (χ1n) is 5.92. The van der Waals surface area contributed by atoms with Gasteiger partial charge in [-0.3, -0.25) is 0 Å². The Morgan fingerprint density at radius 2 is 2.10 bits per heavy atom. The normalized spacial score (nSPS) is 11.7. The zero-order chi connectivity index (χ0) is 14.6. The summed E-state index contributed by atoms with van der Waals surface area (Å²) in [5.41, 5.74) is 0. The quantitative estimate of drug-likeness (QED) is 0.702. The molecule has 0 saturated carbocycles. The van der Waals surface area contributed by atoms with Gasteiger partial charge in [-0.2, -0.15) is 0 Å². The number of aromatic amines is 1. The van der Waals surface area contributed by atoms with E-state index in [1.54, 1.807) is 30.6 Å². The number of imidazole rings is 1. The fourth-order valence-electron chi connectivity index (χ4n) is 1.67. The molecule has 2 rings (SSSR count). The number of aryl methyl sites for hydroxylation is 1. The van der Waals surface area contributed by atoms with Gasteiger partial charge in [0.2, 0.25) is 10.0 Å². The van der Waals surface area contributed by atoms with Crippen LogP contribution in [0.4, 0.5) is 0 Å². The Bertz CT molecular complexity index is 672. The highest BCUT2D eigenvalue weighted by atomic mass is 79.9. The second-order valence-corrected chi connectivity index (χ2v) is 7.62. The average molecular weight is 423 g/mol. The van der Waals surface area contributed by atoms with Crippen LogP contribution in [0.1, 0.15) is 12.2 Å². The SMILES string of the molecule is O=S(=O)(NCCCc1ncc[nH]1)c1ccc(Br)cc1Br. The first-order chi connectivity index (χ1) is 9.49. The van der Waals surface area contributed by atoms with Gasteiger partial charge in [-0.1, -0.05) is 15.9 Å². The zero-order valence-electron chi connectivity index (χ0n) is 10.4. The van der Waals surface area contributed by atoms with Crippen LogP contribution in [-0.4, -0.2) is 24.9 Å². The number of hydrogen-bond acceptors (Lipinski definition) is 3. The Balaban J connectivity index is 1.93. The summed E-state index contributed by atoms with van der Waals surface area (Å²) in [5.74, 6) is 0.856. The molecule has 0 radical (unpaired) electrons. The van der Waals surface area contributed by atoms with E-state index in [1.165, 1.54) is 0 Å². The van der Waals surface area contributed by atoms with E-state index >= 15 is 0 Å². The van der Waals surface area contributed by atoms with E-state index in [1.807, 2.05) is 0 Å². The third kappa shape index (κ3) is 4.15. The second-order valence-electron chi connectivity index (χ2n) is 4.11. The molecule has 0 spiro atoms. The van der Waals surface area contributed by atoms with Gasteiger partial charge in [-0.25, -0.2) is 18.1 Å². The van der Waals surface area contributed by atoms with Crippen molar-refractivity contribution in [2.75, 3.05) is 6.54 Å². The van der Waals surface area contributed by atoms with E-state index in [0.717, 1.165) is 10.3 Å². The van der Waals surface area contributed by atoms with Crippen molar-refractivity contribution < 1.29 is 8.42 Å². The van der Waals surface area contributed by atoms with E-state index in [9.17, 15) is 8.42 Å². The van der Waals surface area contributed by atoms with Crippen molar-refractivity contribution in [2.45, 2.75) is 17.7 Å². The molecular formula is C12H13Br2N3O2S. The number of aromatic nitrogens is 2. The Morgan fingerprint density at radius 3 is 2.75 bits per heavy atom. The zero-order valence-corrected chi connectivity index (χ0v) is 14.4. The van der Waals surface area contributed by atoms with Crippen molar-refractivity contribution >= 4 is 41.9 Å². The molecule has 0 aliphatic heterocycles. The second kappa shape index (κ2) is 6.84. The molecule has 0 fully saturated rings. The predicted octanol–water partition coefficient (Wildman–Crippen LogP) is 2.85. The first kappa shape index (κ1) is 15.7. The van der Waals surface area contributed by atoms with Crippen LogP contribution in [0.25, 0.3) is 0 Å². The van der Waals surface area contributed by atoms with Crippen LogP contribution in [0.3, 0.4) is 0 Å². The highest BCUT2D eigenvalue weighted by molar-refractivity contribution is 9.11. The minimum Gasteiger partial charge on any atom is -0.349 e. The molecule has 2 aromatic rings. The lowest BCUT2D eigenvalue weighted by Gasteiger charge is -2.08. The van der Waals surface area contributed by atoms with Crippen LogP contribution < -0.4 is 4.72 Å². The maximum atomic E-state index is 12.1. The van der Waals surface area contributed by atoms with Crippen molar-refractivity contribution in [1.29, 1.82) is 0 Å². The molecular weight excluding hydrogens is 410 g/mol. The number of nitrogens with zero attached hydrogens (tertiary/aromatic N) is 1. The van der Waals surface area contributed by atoms with E-state index < -0.39 is 10.0 Å². The molecule has 0 aliphatic carbocycles. The smallest absolute Gasteiger partial charge is 0.241 e. The van der Waals surface area contributed by atoms with Gasteiger partial charge in [-0.15, -0.1) is 0 Å². The van der Waals surface area contributed by atoms with Crippen LogP contribution in [0.2, 0.25) is 0 Å². The van der Waals surface area contributed by atoms with Crippen LogP contribution >= 0.6 is 31.9 Å². The molecule has 5 nitrogen and oxygen atoms in total. The number of sulfonamides is 1. The molecule has 20 heavy (non-hydrogen) atoms. The van der Waals surface area contributed by atoms with Gasteiger partial charge in [0.05, 0.1) is 4.90 Å². The first-order valence-corrected chi connectivity index (χ1v) is 8.99. The molecule has 8 heteroatoms. The molecule has 0 saturated heterocycles. The van der Waals surface area contributed by atoms with Gasteiger partial charge in [0.25, 0.3) is 0 Å². The Labute approximate surface area is 134 Å². The van der Waals surface area contributed by atoms with Crippen LogP contribution in [0, 0.1) is 0 Å². The third-order valence-corrected chi connectivity index (χ3v) is 5.55. The number of hydrogen-bond donors (Lipinski definition) is 2. The van der Waals surface area contributed by atoms with Crippen LogP contribution in [-0.2, 0) is 16.4 Å². The molecule has 0 atom stereocenters. The number of H-pyrrole nitrogens is 1. The maximum absolute atomic E-state index is 12.1. The monoisotopic (exact) mass is 421 g/mol. The maximum Gasteiger partial charge on any atom is 0.241 e. The lowest BCUT2D eigenvalue weighted by atomic mass is 10.3. The molecule has 1 aromatic carbocycles. The molecule has 0 bridgehead atoms. The topological polar surface area (TPSA) is 74.8 Å². The van der Waals surface area contributed by atoms with Crippen molar-refractivity contribution in [2.24, 2.45) is 0 Å². The van der Waals surface area contributed by atoms with Gasteiger partial charge in [-0.05, 0) is 40.5 Å². The number of benzene rings is 1. The highest BCUT2D eigenvalue weighted by Crippen LogP contribution is 2.25. The summed E-state index contributed by atoms with van der Waals surface area (Å²) < 4.78 is 28.2. The summed E-state index contributed by atoms with van der Waals surface area (Å²) in [7, 11) is -3.50. The highest BCUT2D eigenvalue weighted by Gasteiger charge is 2.16. The fraction of sp³-hybridized carbons (Fsp3) is 0.250. The summed E-state index contributed by atoms with van der Waals surface area (Å²) in [6.07, 6.45) is 4.81. The van der Waals surface area contributed by atoms with Gasteiger partial charge in [0, 0.05) is 34.3 Å². The lowest BCUT2D eigenvalue weighted by molar-refractivity contribution is 0.578. The summed E-state index contributed by atoms with van der Waals surface area (Å²) in [4.78, 5) is 7.30. The standard InChI is InChI=1S/C12H13Br2N3O2S/c13-9-3-4-11(10(14)8-9)20(18,19)17-5-1-2-12-15-6-7-16-12/h3-4,6-8,17H,1-2,5H2,(H,15,16). The van der Waals surface area contributed by atoms with Gasteiger partial charge in [0.1, 0.15) is 5.82 Å². The number of nitrogens with one attached hydrogen (secondary N) is 2. The van der Waals surface area contributed by atoms with Gasteiger partial charge >= 0.3 is 0 Å². The summed E-state index contributed by atoms with van der Waals surface area (Å²) >= 11 is 6.55. The van der Waals surface area contributed by atoms with Crippen LogP contribution in [0.15, 0.2) is 44.4 Å². The summed E-state index contributed by atoms with van der Waals surface area (Å²) in [5, 5.41) is 0. The van der Waals surface area contributed by atoms with E-state index in [4.69, 9.17) is 0 Å². The number of halogens is 2. The van der Waals surface area contributed by atoms with Crippen molar-refractivity contribution in [3.63, 3.8) is 0 Å². The van der Waals surface area contributed by atoms with Crippen molar-refractivity contribution in [3.05, 3.63) is 45.4 Å². The average Bonchev–Trinajstić information content (AvgIpc) is 2.87. The lowest BCUT2D eigenvalue weighted by Crippen LogP contribution is -2.25. The molecule has 2 N–H and O–H groups in total. The number of rotatable bonds is 6. The predicted molar refractivity (Wildman–Crippen MR) is 83.9 cm³/mol. The summed E-state index contributed by atoms with van der Waals surface area (Å²) in [6, 6.07) is 4.96. The fourth-order valence-corrected chi connectivity index (χ4v) is 4.49. The third-order valence-electron chi connectivity index (χ3n) is 2.62. The Kier molecular flexibility index (Phi) is 5.36. The van der Waals surface area contributed by atoms with Crippen molar-refractivity contribution in [1.82, 2.24) is 14.7 Å². The molecule has 0 amide bonds. The van der Waals surface area contributed by atoms with Crippen LogP contribution in [0.5, 0.6) is 0 Å².